The van der Waals surface area contributed by atoms with Crippen molar-refractivity contribution in [1.82, 2.24) is 10.6 Å². The van der Waals surface area contributed by atoms with Gasteiger partial charge >= 0.3 is 0 Å². The van der Waals surface area contributed by atoms with Gasteiger partial charge in [0.1, 0.15) is 6.61 Å². The molecular formula is C21H28Cl2N2O3. The van der Waals surface area contributed by atoms with Crippen molar-refractivity contribution in [2.24, 2.45) is 0 Å². The van der Waals surface area contributed by atoms with Crippen LogP contribution in [0.4, 0.5) is 0 Å². The fourth-order valence-electron chi connectivity index (χ4n) is 2.62. The fourth-order valence-corrected chi connectivity index (χ4v) is 2.94. The summed E-state index contributed by atoms with van der Waals surface area (Å²) in [6.07, 6.45) is 1.00. The number of halogens is 2. The first-order chi connectivity index (χ1) is 13.6. The molecular weight excluding hydrogens is 399 g/mol. The molecule has 3 N–H and O–H groups in total. The van der Waals surface area contributed by atoms with Gasteiger partial charge in [0.2, 0.25) is 0 Å². The normalized spacial score (nSPS) is 10.9. The van der Waals surface area contributed by atoms with Crippen molar-refractivity contribution in [3.63, 3.8) is 0 Å². The third-order valence-corrected chi connectivity index (χ3v) is 4.75. The van der Waals surface area contributed by atoms with E-state index in [2.05, 4.69) is 10.6 Å². The van der Waals surface area contributed by atoms with E-state index in [-0.39, 0.29) is 6.61 Å². The van der Waals surface area contributed by atoms with Crippen molar-refractivity contribution in [3.8, 4) is 11.5 Å². The second-order valence-electron chi connectivity index (χ2n) is 6.26. The molecule has 0 amide bonds. The van der Waals surface area contributed by atoms with Gasteiger partial charge in [0, 0.05) is 13.1 Å². The van der Waals surface area contributed by atoms with Gasteiger partial charge in [0.05, 0.1) is 23.3 Å². The number of nitrogens with one attached hydrogen (secondary N) is 2. The Morgan fingerprint density at radius 3 is 2.39 bits per heavy atom. The molecule has 5 nitrogen and oxygen atoms in total. The largest absolute Gasteiger partial charge is 0.490 e. The number of benzene rings is 2. The molecule has 0 aliphatic rings. The second-order valence-corrected chi connectivity index (χ2v) is 7.07. The Morgan fingerprint density at radius 2 is 1.64 bits per heavy atom. The van der Waals surface area contributed by atoms with E-state index in [4.69, 9.17) is 37.8 Å². The third kappa shape index (κ3) is 7.86. The lowest BCUT2D eigenvalue weighted by atomic mass is 10.2. The smallest absolute Gasteiger partial charge is 0.161 e. The van der Waals surface area contributed by atoms with Gasteiger partial charge in [-0.15, -0.1) is 0 Å². The molecule has 154 valence electrons. The van der Waals surface area contributed by atoms with E-state index in [1.54, 1.807) is 12.1 Å². The van der Waals surface area contributed by atoms with Crippen LogP contribution >= 0.6 is 23.2 Å². The van der Waals surface area contributed by atoms with Crippen LogP contribution in [0.1, 0.15) is 24.5 Å². The summed E-state index contributed by atoms with van der Waals surface area (Å²) in [5.41, 5.74) is 2.08. The van der Waals surface area contributed by atoms with Crippen LogP contribution in [0.5, 0.6) is 11.5 Å². The van der Waals surface area contributed by atoms with E-state index in [1.165, 1.54) is 0 Å². The minimum absolute atomic E-state index is 0.174. The molecule has 0 saturated heterocycles. The standard InChI is InChI=1S/C21H28Cl2N2O3/c1-2-27-21-13-16(14-25-9-3-8-24-10-11-26)5-7-20(21)28-15-17-4-6-18(22)19(23)12-17/h4-7,12-13,24-26H,2-3,8-11,14-15H2,1H3. The Morgan fingerprint density at radius 1 is 0.857 bits per heavy atom. The number of aliphatic hydroxyl groups is 1. The quantitative estimate of drug-likeness (QED) is 0.422. The van der Waals surface area contributed by atoms with E-state index in [9.17, 15) is 0 Å². The van der Waals surface area contributed by atoms with Crippen LogP contribution in [0.15, 0.2) is 36.4 Å². The van der Waals surface area contributed by atoms with Crippen molar-refractivity contribution >= 4 is 23.2 Å². The van der Waals surface area contributed by atoms with E-state index in [1.807, 2.05) is 31.2 Å². The second kappa shape index (κ2) is 12.9. The summed E-state index contributed by atoms with van der Waals surface area (Å²) in [5.74, 6) is 1.43. The van der Waals surface area contributed by atoms with Gasteiger partial charge in [-0.05, 0) is 61.8 Å². The molecule has 0 aliphatic carbocycles. The highest BCUT2D eigenvalue weighted by Crippen LogP contribution is 2.30. The van der Waals surface area contributed by atoms with Crippen LogP contribution < -0.4 is 20.1 Å². The SMILES string of the molecule is CCOc1cc(CNCCCNCCO)ccc1OCc1ccc(Cl)c(Cl)c1. The van der Waals surface area contributed by atoms with Crippen LogP contribution in [0.25, 0.3) is 0 Å². The summed E-state index contributed by atoms with van der Waals surface area (Å²) in [4.78, 5) is 0. The average Bonchev–Trinajstić information content (AvgIpc) is 2.69. The molecule has 0 aliphatic heterocycles. The first-order valence-corrected chi connectivity index (χ1v) is 10.2. The third-order valence-electron chi connectivity index (χ3n) is 4.01. The molecule has 0 fully saturated rings. The molecule has 0 saturated carbocycles. The molecule has 0 bridgehead atoms. The van der Waals surface area contributed by atoms with Crippen LogP contribution in [0, 0.1) is 0 Å². The summed E-state index contributed by atoms with van der Waals surface area (Å²) in [6, 6.07) is 11.4. The Kier molecular flexibility index (Phi) is 10.5. The molecule has 0 spiro atoms. The number of rotatable bonds is 13. The zero-order valence-corrected chi connectivity index (χ0v) is 17.7. The molecule has 2 aromatic carbocycles. The maximum Gasteiger partial charge on any atom is 0.161 e. The summed E-state index contributed by atoms with van der Waals surface area (Å²) in [6.45, 7) is 6.26. The topological polar surface area (TPSA) is 62.8 Å². The molecule has 0 radical (unpaired) electrons. The highest BCUT2D eigenvalue weighted by atomic mass is 35.5. The minimum Gasteiger partial charge on any atom is -0.490 e. The first-order valence-electron chi connectivity index (χ1n) is 9.48. The summed E-state index contributed by atoms with van der Waals surface area (Å²) >= 11 is 12.0. The average molecular weight is 427 g/mol. The Labute approximate surface area is 177 Å². The van der Waals surface area contributed by atoms with E-state index in [0.29, 0.717) is 35.6 Å². The number of hydrogen-bond donors (Lipinski definition) is 3. The van der Waals surface area contributed by atoms with Crippen molar-refractivity contribution in [1.29, 1.82) is 0 Å². The van der Waals surface area contributed by atoms with Gasteiger partial charge in [-0.25, -0.2) is 0 Å². The van der Waals surface area contributed by atoms with E-state index >= 15 is 0 Å². The number of ether oxygens (including phenoxy) is 2. The van der Waals surface area contributed by atoms with Crippen molar-refractivity contribution in [2.75, 3.05) is 32.8 Å². The molecule has 2 aromatic rings. The van der Waals surface area contributed by atoms with Gasteiger partial charge in [0.15, 0.2) is 11.5 Å². The van der Waals surface area contributed by atoms with Gasteiger partial charge < -0.3 is 25.2 Å². The van der Waals surface area contributed by atoms with Crippen LogP contribution in [-0.4, -0.2) is 38.0 Å². The maximum atomic E-state index is 8.72. The van der Waals surface area contributed by atoms with Crippen molar-refractivity contribution in [2.45, 2.75) is 26.5 Å². The maximum absolute atomic E-state index is 8.72. The molecule has 28 heavy (non-hydrogen) atoms. The fraction of sp³-hybridized carbons (Fsp3) is 0.429. The highest BCUT2D eigenvalue weighted by molar-refractivity contribution is 6.42. The highest BCUT2D eigenvalue weighted by Gasteiger charge is 2.08. The molecule has 0 atom stereocenters. The van der Waals surface area contributed by atoms with Gasteiger partial charge in [0.25, 0.3) is 0 Å². The lowest BCUT2D eigenvalue weighted by molar-refractivity contribution is 0.269. The molecule has 0 aromatic heterocycles. The summed E-state index contributed by atoms with van der Waals surface area (Å²) < 4.78 is 11.7. The Bertz CT molecular complexity index is 729. The number of hydrogen-bond acceptors (Lipinski definition) is 5. The monoisotopic (exact) mass is 426 g/mol. The van der Waals surface area contributed by atoms with Crippen LogP contribution in [0.2, 0.25) is 10.0 Å². The van der Waals surface area contributed by atoms with E-state index < -0.39 is 0 Å². The predicted molar refractivity (Wildman–Crippen MR) is 115 cm³/mol. The predicted octanol–water partition coefficient (Wildman–Crippen LogP) is 4.03. The van der Waals surface area contributed by atoms with Crippen LogP contribution in [0.3, 0.4) is 0 Å². The van der Waals surface area contributed by atoms with Gasteiger partial charge in [-0.3, -0.25) is 0 Å². The molecule has 0 heterocycles. The summed E-state index contributed by atoms with van der Waals surface area (Å²) in [5, 5.41) is 16.3. The first kappa shape index (κ1) is 22.8. The Balaban J connectivity index is 1.87. The molecule has 0 unspecified atom stereocenters. The molecule has 7 heteroatoms. The summed E-state index contributed by atoms with van der Waals surface area (Å²) in [7, 11) is 0. The molecule has 2 rings (SSSR count). The lowest BCUT2D eigenvalue weighted by Crippen LogP contribution is -2.23. The minimum atomic E-state index is 0.174. The van der Waals surface area contributed by atoms with E-state index in [0.717, 1.165) is 42.9 Å². The Hall–Kier alpha value is -1.50. The lowest BCUT2D eigenvalue weighted by Gasteiger charge is -2.14. The van der Waals surface area contributed by atoms with Crippen molar-refractivity contribution in [3.05, 3.63) is 57.6 Å². The zero-order valence-electron chi connectivity index (χ0n) is 16.1. The van der Waals surface area contributed by atoms with Crippen LogP contribution in [-0.2, 0) is 13.2 Å². The van der Waals surface area contributed by atoms with Gasteiger partial charge in [-0.2, -0.15) is 0 Å². The zero-order chi connectivity index (χ0) is 20.2. The van der Waals surface area contributed by atoms with Gasteiger partial charge in [-0.1, -0.05) is 35.3 Å². The number of aliphatic hydroxyl groups excluding tert-OH is 1. The van der Waals surface area contributed by atoms with Crippen molar-refractivity contribution < 1.29 is 14.6 Å².